The maximum atomic E-state index is 11.8. The second kappa shape index (κ2) is 8.33. The van der Waals surface area contributed by atoms with E-state index in [2.05, 4.69) is 15.8 Å². The number of methoxy groups -OCH3 is 1. The summed E-state index contributed by atoms with van der Waals surface area (Å²) in [5.41, 5.74) is 3.14. The number of nitrogens with zero attached hydrogens (tertiary/aromatic N) is 1. The van der Waals surface area contributed by atoms with Crippen LogP contribution in [-0.2, 0) is 9.59 Å². The van der Waals surface area contributed by atoms with Gasteiger partial charge in [-0.1, -0.05) is 35.3 Å². The van der Waals surface area contributed by atoms with Crippen LogP contribution in [0.1, 0.15) is 5.56 Å². The van der Waals surface area contributed by atoms with Crippen molar-refractivity contribution in [2.75, 3.05) is 12.4 Å². The molecule has 0 spiro atoms. The van der Waals surface area contributed by atoms with Crippen LogP contribution >= 0.6 is 23.2 Å². The third-order valence-corrected chi connectivity index (χ3v) is 3.24. The van der Waals surface area contributed by atoms with E-state index in [4.69, 9.17) is 27.9 Å². The first kappa shape index (κ1) is 17.8. The molecule has 2 aromatic rings. The molecule has 0 saturated heterocycles. The summed E-state index contributed by atoms with van der Waals surface area (Å²) in [5, 5.41) is 6.78. The van der Waals surface area contributed by atoms with Crippen molar-refractivity contribution in [2.45, 2.75) is 0 Å². The van der Waals surface area contributed by atoms with Gasteiger partial charge in [0.15, 0.2) is 0 Å². The van der Waals surface area contributed by atoms with Gasteiger partial charge in [0.1, 0.15) is 5.75 Å². The third-order valence-electron chi connectivity index (χ3n) is 2.80. The van der Waals surface area contributed by atoms with Crippen molar-refractivity contribution in [2.24, 2.45) is 5.10 Å². The second-order valence-electron chi connectivity index (χ2n) is 4.59. The van der Waals surface area contributed by atoms with Crippen LogP contribution in [0, 0.1) is 0 Å². The van der Waals surface area contributed by atoms with E-state index >= 15 is 0 Å². The Morgan fingerprint density at radius 2 is 1.79 bits per heavy atom. The molecular formula is C16H13Cl2N3O3. The molecule has 0 heterocycles. The fraction of sp³-hybridized carbons (Fsp3) is 0.0625. The highest BCUT2D eigenvalue weighted by Crippen LogP contribution is 2.22. The Hall–Kier alpha value is -2.57. The van der Waals surface area contributed by atoms with Crippen molar-refractivity contribution in [3.63, 3.8) is 0 Å². The highest BCUT2D eigenvalue weighted by Gasteiger charge is 2.13. The Morgan fingerprint density at radius 3 is 2.46 bits per heavy atom. The fourth-order valence-corrected chi connectivity index (χ4v) is 2.28. The molecule has 0 aliphatic heterocycles. The molecule has 0 radical (unpaired) electrons. The van der Waals surface area contributed by atoms with Crippen LogP contribution in [0.4, 0.5) is 5.69 Å². The SMILES string of the molecule is COc1cccc(/C=N\NC(=O)C(=O)Nc2cc(Cl)cc(Cl)c2)c1. The van der Waals surface area contributed by atoms with E-state index < -0.39 is 11.8 Å². The highest BCUT2D eigenvalue weighted by molar-refractivity contribution is 6.40. The summed E-state index contributed by atoms with van der Waals surface area (Å²) in [6.07, 6.45) is 1.39. The third kappa shape index (κ3) is 5.26. The molecule has 0 bridgehead atoms. The Labute approximate surface area is 148 Å². The van der Waals surface area contributed by atoms with Crippen molar-refractivity contribution >= 4 is 46.9 Å². The summed E-state index contributed by atoms with van der Waals surface area (Å²) < 4.78 is 5.07. The van der Waals surface area contributed by atoms with E-state index in [1.54, 1.807) is 31.4 Å². The smallest absolute Gasteiger partial charge is 0.329 e. The Morgan fingerprint density at radius 1 is 1.08 bits per heavy atom. The van der Waals surface area contributed by atoms with Gasteiger partial charge in [-0.3, -0.25) is 9.59 Å². The van der Waals surface area contributed by atoms with E-state index in [0.29, 0.717) is 27.0 Å². The maximum absolute atomic E-state index is 11.8. The Bertz CT molecular complexity index is 774. The van der Waals surface area contributed by atoms with E-state index in [1.165, 1.54) is 24.4 Å². The Balaban J connectivity index is 1.93. The number of ether oxygens (including phenoxy) is 1. The number of carbonyl (C=O) groups is 2. The molecule has 2 N–H and O–H groups in total. The normalized spacial score (nSPS) is 10.5. The van der Waals surface area contributed by atoms with Gasteiger partial charge in [0.05, 0.1) is 13.3 Å². The average molecular weight is 366 g/mol. The van der Waals surface area contributed by atoms with Gasteiger partial charge in [-0.2, -0.15) is 5.10 Å². The van der Waals surface area contributed by atoms with Gasteiger partial charge in [-0.15, -0.1) is 0 Å². The summed E-state index contributed by atoms with van der Waals surface area (Å²) in [5.74, 6) is -1.16. The number of carbonyl (C=O) groups excluding carboxylic acids is 2. The van der Waals surface area contributed by atoms with Gasteiger partial charge in [0.2, 0.25) is 0 Å². The summed E-state index contributed by atoms with van der Waals surface area (Å²) >= 11 is 11.6. The van der Waals surface area contributed by atoms with Crippen molar-refractivity contribution in [1.29, 1.82) is 0 Å². The monoisotopic (exact) mass is 365 g/mol. The molecular weight excluding hydrogens is 353 g/mol. The topological polar surface area (TPSA) is 79.8 Å². The predicted molar refractivity (Wildman–Crippen MR) is 93.8 cm³/mol. The molecule has 0 fully saturated rings. The number of halogens is 2. The van der Waals surface area contributed by atoms with Crippen LogP contribution in [0.3, 0.4) is 0 Å². The van der Waals surface area contributed by atoms with Gasteiger partial charge >= 0.3 is 11.8 Å². The van der Waals surface area contributed by atoms with Gasteiger partial charge in [-0.05, 0) is 35.9 Å². The van der Waals surface area contributed by atoms with Crippen LogP contribution in [0.2, 0.25) is 10.0 Å². The summed E-state index contributed by atoms with van der Waals surface area (Å²) in [6, 6.07) is 11.5. The maximum Gasteiger partial charge on any atom is 0.329 e. The van der Waals surface area contributed by atoms with Gasteiger partial charge in [-0.25, -0.2) is 5.43 Å². The molecule has 2 amide bonds. The molecule has 2 rings (SSSR count). The lowest BCUT2D eigenvalue weighted by Gasteiger charge is -2.05. The van der Waals surface area contributed by atoms with Crippen LogP contribution in [0.25, 0.3) is 0 Å². The van der Waals surface area contributed by atoms with Crippen LogP contribution in [0.5, 0.6) is 5.75 Å². The lowest BCUT2D eigenvalue weighted by Crippen LogP contribution is -2.32. The number of hydrogen-bond donors (Lipinski definition) is 2. The minimum atomic E-state index is -0.926. The Kier molecular flexibility index (Phi) is 6.17. The number of hydrazone groups is 1. The zero-order chi connectivity index (χ0) is 17.5. The molecule has 0 aliphatic carbocycles. The quantitative estimate of drug-likeness (QED) is 0.496. The molecule has 0 atom stereocenters. The zero-order valence-corrected chi connectivity index (χ0v) is 14.1. The van der Waals surface area contributed by atoms with Crippen molar-refractivity contribution in [3.8, 4) is 5.75 Å². The molecule has 124 valence electrons. The number of benzene rings is 2. The lowest BCUT2D eigenvalue weighted by molar-refractivity contribution is -0.136. The molecule has 24 heavy (non-hydrogen) atoms. The number of rotatable bonds is 4. The number of nitrogens with one attached hydrogen (secondary N) is 2. The predicted octanol–water partition coefficient (Wildman–Crippen LogP) is 3.09. The van der Waals surface area contributed by atoms with Crippen molar-refractivity contribution in [3.05, 3.63) is 58.1 Å². The first-order valence-corrected chi connectivity index (χ1v) is 7.48. The molecule has 0 aromatic heterocycles. The first-order valence-electron chi connectivity index (χ1n) is 6.72. The summed E-state index contributed by atoms with van der Waals surface area (Å²) in [7, 11) is 1.55. The van der Waals surface area contributed by atoms with Crippen molar-refractivity contribution in [1.82, 2.24) is 5.43 Å². The van der Waals surface area contributed by atoms with Gasteiger partial charge < -0.3 is 10.1 Å². The fourth-order valence-electron chi connectivity index (χ4n) is 1.75. The number of anilines is 1. The van der Waals surface area contributed by atoms with E-state index in [0.717, 1.165) is 0 Å². The van der Waals surface area contributed by atoms with E-state index in [1.807, 2.05) is 0 Å². The molecule has 0 saturated carbocycles. The zero-order valence-electron chi connectivity index (χ0n) is 12.5. The van der Waals surface area contributed by atoms with Gasteiger partial charge in [0.25, 0.3) is 0 Å². The highest BCUT2D eigenvalue weighted by atomic mass is 35.5. The average Bonchev–Trinajstić information content (AvgIpc) is 2.54. The molecule has 0 aliphatic rings. The first-order chi connectivity index (χ1) is 11.5. The molecule has 6 nitrogen and oxygen atoms in total. The molecule has 2 aromatic carbocycles. The largest absolute Gasteiger partial charge is 0.497 e. The summed E-state index contributed by atoms with van der Waals surface area (Å²) in [6.45, 7) is 0. The minimum Gasteiger partial charge on any atom is -0.497 e. The van der Waals surface area contributed by atoms with Crippen LogP contribution in [0.15, 0.2) is 47.6 Å². The lowest BCUT2D eigenvalue weighted by atomic mass is 10.2. The summed E-state index contributed by atoms with van der Waals surface area (Å²) in [4.78, 5) is 23.5. The van der Waals surface area contributed by atoms with Crippen LogP contribution < -0.4 is 15.5 Å². The second-order valence-corrected chi connectivity index (χ2v) is 5.46. The van der Waals surface area contributed by atoms with E-state index in [-0.39, 0.29) is 0 Å². The van der Waals surface area contributed by atoms with E-state index in [9.17, 15) is 9.59 Å². The van der Waals surface area contributed by atoms with Gasteiger partial charge in [0, 0.05) is 15.7 Å². The minimum absolute atomic E-state index is 0.310. The van der Waals surface area contributed by atoms with Crippen molar-refractivity contribution < 1.29 is 14.3 Å². The number of amides is 2. The number of hydrogen-bond acceptors (Lipinski definition) is 4. The molecule has 8 heteroatoms. The van der Waals surface area contributed by atoms with Crippen LogP contribution in [-0.4, -0.2) is 25.1 Å². The standard InChI is InChI=1S/C16H13Cl2N3O3/c1-24-14-4-2-3-10(5-14)9-19-21-16(23)15(22)20-13-7-11(17)6-12(18)8-13/h2-9H,1H3,(H,20,22)(H,21,23)/b19-9-. The molecule has 0 unspecified atom stereocenters.